The molecule has 1 aliphatic rings. The molecule has 1 aromatic rings. The highest BCUT2D eigenvalue weighted by molar-refractivity contribution is 5.87. The van der Waals surface area contributed by atoms with E-state index in [1.807, 2.05) is 17.0 Å². The number of fused-ring (bicyclic) bond motifs is 1. The fourth-order valence-electron chi connectivity index (χ4n) is 3.20. The van der Waals surface area contributed by atoms with Crippen LogP contribution >= 0.6 is 0 Å². The maximum atomic E-state index is 13.0. The average Bonchev–Trinajstić information content (AvgIpc) is 2.58. The Balaban J connectivity index is 2.03. The number of carbonyl (C=O) groups excluding carboxylic acids is 2. The van der Waals surface area contributed by atoms with E-state index in [1.54, 1.807) is 0 Å². The van der Waals surface area contributed by atoms with Crippen LogP contribution < -0.4 is 5.32 Å². The van der Waals surface area contributed by atoms with E-state index in [2.05, 4.69) is 38.2 Å². The molecule has 0 saturated carbocycles. The third kappa shape index (κ3) is 5.08. The fourth-order valence-corrected chi connectivity index (χ4v) is 3.20. The lowest BCUT2D eigenvalue weighted by Crippen LogP contribution is -2.50. The van der Waals surface area contributed by atoms with Crippen LogP contribution in [0, 0.1) is 5.92 Å². The van der Waals surface area contributed by atoms with E-state index in [1.165, 1.54) is 11.1 Å². The van der Waals surface area contributed by atoms with Crippen molar-refractivity contribution in [1.29, 1.82) is 0 Å². The predicted molar refractivity (Wildman–Crippen MR) is 96.5 cm³/mol. The number of unbranched alkanes of at least 4 members (excludes halogenated alkanes) is 1. The number of nitrogens with zero attached hydrogens (tertiary/aromatic N) is 1. The van der Waals surface area contributed by atoms with Gasteiger partial charge in [-0.1, -0.05) is 51.5 Å². The van der Waals surface area contributed by atoms with Crippen LogP contribution in [0.25, 0.3) is 0 Å². The monoisotopic (exact) mass is 330 g/mol. The summed E-state index contributed by atoms with van der Waals surface area (Å²) in [6.07, 6.45) is 3.93. The van der Waals surface area contributed by atoms with Crippen LogP contribution in [0.3, 0.4) is 0 Å². The van der Waals surface area contributed by atoms with Crippen LogP contribution in [0.2, 0.25) is 0 Å². The maximum Gasteiger partial charge on any atom is 0.245 e. The Morgan fingerprint density at radius 3 is 2.58 bits per heavy atom. The Labute approximate surface area is 145 Å². The molecule has 0 spiro atoms. The van der Waals surface area contributed by atoms with Crippen molar-refractivity contribution in [2.75, 3.05) is 6.54 Å². The molecular weight excluding hydrogens is 300 g/mol. The van der Waals surface area contributed by atoms with Crippen molar-refractivity contribution in [3.63, 3.8) is 0 Å². The summed E-state index contributed by atoms with van der Waals surface area (Å²) in [4.78, 5) is 27.0. The minimum Gasteiger partial charge on any atom is -0.344 e. The van der Waals surface area contributed by atoms with Crippen LogP contribution in [-0.4, -0.2) is 29.3 Å². The molecule has 1 atom stereocenters. The van der Waals surface area contributed by atoms with Gasteiger partial charge in [-0.3, -0.25) is 9.59 Å². The predicted octanol–water partition coefficient (Wildman–Crippen LogP) is 3.29. The zero-order valence-corrected chi connectivity index (χ0v) is 15.2. The third-order valence-electron chi connectivity index (χ3n) is 4.54. The SMILES string of the molecule is CCCCC(=O)N[C@@H](CC(C)C)C(=O)N1CCc2ccccc2C1. The highest BCUT2D eigenvalue weighted by Gasteiger charge is 2.28. The minimum atomic E-state index is -0.403. The molecule has 1 N–H and O–H groups in total. The average molecular weight is 330 g/mol. The maximum absolute atomic E-state index is 13.0. The number of carbonyl (C=O) groups is 2. The molecule has 1 aromatic carbocycles. The Hall–Kier alpha value is -1.84. The van der Waals surface area contributed by atoms with Crippen LogP contribution in [0.15, 0.2) is 24.3 Å². The van der Waals surface area contributed by atoms with Crippen molar-refractivity contribution in [1.82, 2.24) is 10.2 Å². The summed E-state index contributed by atoms with van der Waals surface area (Å²) in [7, 11) is 0. The Morgan fingerprint density at radius 2 is 1.92 bits per heavy atom. The molecule has 0 fully saturated rings. The lowest BCUT2D eigenvalue weighted by Gasteiger charge is -2.32. The first-order valence-corrected chi connectivity index (χ1v) is 9.16. The van der Waals surface area contributed by atoms with E-state index < -0.39 is 6.04 Å². The van der Waals surface area contributed by atoms with Gasteiger partial charge in [0.2, 0.25) is 11.8 Å². The standard InChI is InChI=1S/C20H30N2O2/c1-4-5-10-19(23)21-18(13-15(2)3)20(24)22-12-11-16-8-6-7-9-17(16)14-22/h6-9,15,18H,4-5,10-14H2,1-3H3,(H,21,23)/t18-/m0/s1. The quantitative estimate of drug-likeness (QED) is 0.834. The molecule has 0 aromatic heterocycles. The molecular formula is C20H30N2O2. The van der Waals surface area contributed by atoms with Crippen molar-refractivity contribution in [2.45, 2.75) is 65.5 Å². The Bertz CT molecular complexity index is 569. The Morgan fingerprint density at radius 1 is 1.21 bits per heavy atom. The number of rotatable bonds is 7. The molecule has 4 nitrogen and oxygen atoms in total. The van der Waals surface area contributed by atoms with Crippen LogP contribution in [0.4, 0.5) is 0 Å². The van der Waals surface area contributed by atoms with Crippen LogP contribution in [0.5, 0.6) is 0 Å². The zero-order valence-electron chi connectivity index (χ0n) is 15.2. The molecule has 0 aliphatic carbocycles. The second kappa shape index (κ2) is 8.86. The van der Waals surface area contributed by atoms with E-state index in [9.17, 15) is 9.59 Å². The second-order valence-corrected chi connectivity index (χ2v) is 7.13. The van der Waals surface area contributed by atoms with Gasteiger partial charge in [-0.25, -0.2) is 0 Å². The first-order valence-electron chi connectivity index (χ1n) is 9.16. The molecule has 2 amide bonds. The van der Waals surface area contributed by atoms with Crippen molar-refractivity contribution in [3.8, 4) is 0 Å². The summed E-state index contributed by atoms with van der Waals surface area (Å²) in [6.45, 7) is 7.62. The lowest BCUT2D eigenvalue weighted by molar-refractivity contribution is -0.137. The first-order chi connectivity index (χ1) is 11.5. The zero-order chi connectivity index (χ0) is 17.5. The molecule has 1 aliphatic heterocycles. The van der Waals surface area contributed by atoms with Gasteiger partial charge in [0.25, 0.3) is 0 Å². The molecule has 0 bridgehead atoms. The van der Waals surface area contributed by atoms with Crippen molar-refractivity contribution < 1.29 is 9.59 Å². The molecule has 0 saturated heterocycles. The van der Waals surface area contributed by atoms with Gasteiger partial charge >= 0.3 is 0 Å². The highest BCUT2D eigenvalue weighted by atomic mass is 16.2. The van der Waals surface area contributed by atoms with Crippen LogP contribution in [-0.2, 0) is 22.6 Å². The van der Waals surface area contributed by atoms with Gasteiger partial charge in [0.15, 0.2) is 0 Å². The van der Waals surface area contributed by atoms with E-state index in [0.717, 1.165) is 25.8 Å². The van der Waals surface area contributed by atoms with Gasteiger partial charge in [-0.2, -0.15) is 0 Å². The number of hydrogen-bond donors (Lipinski definition) is 1. The van der Waals surface area contributed by atoms with Gasteiger partial charge in [0.1, 0.15) is 6.04 Å². The summed E-state index contributed by atoms with van der Waals surface area (Å²) >= 11 is 0. The summed E-state index contributed by atoms with van der Waals surface area (Å²) in [6, 6.07) is 7.89. The Kier molecular flexibility index (Phi) is 6.83. The summed E-state index contributed by atoms with van der Waals surface area (Å²) in [5, 5.41) is 2.97. The molecule has 0 radical (unpaired) electrons. The van der Waals surface area contributed by atoms with Gasteiger partial charge < -0.3 is 10.2 Å². The summed E-state index contributed by atoms with van der Waals surface area (Å²) < 4.78 is 0. The number of nitrogens with one attached hydrogen (secondary N) is 1. The molecule has 24 heavy (non-hydrogen) atoms. The molecule has 4 heteroatoms. The van der Waals surface area contributed by atoms with Gasteiger partial charge in [0, 0.05) is 19.5 Å². The van der Waals surface area contributed by atoms with Gasteiger partial charge in [-0.05, 0) is 36.3 Å². The fraction of sp³-hybridized carbons (Fsp3) is 0.600. The van der Waals surface area contributed by atoms with E-state index in [0.29, 0.717) is 25.3 Å². The summed E-state index contributed by atoms with van der Waals surface area (Å²) in [5.74, 6) is 0.416. The van der Waals surface area contributed by atoms with E-state index in [-0.39, 0.29) is 11.8 Å². The normalized spacial score (nSPS) is 15.1. The largest absolute Gasteiger partial charge is 0.344 e. The third-order valence-corrected chi connectivity index (χ3v) is 4.54. The van der Waals surface area contributed by atoms with E-state index in [4.69, 9.17) is 0 Å². The molecule has 0 unspecified atom stereocenters. The lowest BCUT2D eigenvalue weighted by atomic mass is 9.97. The number of hydrogen-bond acceptors (Lipinski definition) is 2. The molecule has 2 rings (SSSR count). The summed E-state index contributed by atoms with van der Waals surface area (Å²) in [5.41, 5.74) is 2.55. The second-order valence-electron chi connectivity index (χ2n) is 7.13. The van der Waals surface area contributed by atoms with Crippen molar-refractivity contribution in [3.05, 3.63) is 35.4 Å². The van der Waals surface area contributed by atoms with Crippen LogP contribution in [0.1, 0.15) is 57.6 Å². The smallest absolute Gasteiger partial charge is 0.245 e. The molecule has 132 valence electrons. The number of amides is 2. The van der Waals surface area contributed by atoms with Gasteiger partial charge in [0.05, 0.1) is 0 Å². The minimum absolute atomic E-state index is 0.00624. The topological polar surface area (TPSA) is 49.4 Å². The highest BCUT2D eigenvalue weighted by Crippen LogP contribution is 2.20. The first kappa shape index (κ1) is 18.5. The van der Waals surface area contributed by atoms with Crippen molar-refractivity contribution in [2.24, 2.45) is 5.92 Å². The number of benzene rings is 1. The molecule has 1 heterocycles. The van der Waals surface area contributed by atoms with E-state index >= 15 is 0 Å². The van der Waals surface area contributed by atoms with Crippen molar-refractivity contribution >= 4 is 11.8 Å². The van der Waals surface area contributed by atoms with Gasteiger partial charge in [-0.15, -0.1) is 0 Å².